The summed E-state index contributed by atoms with van der Waals surface area (Å²) in [4.78, 5) is 9.87. The van der Waals surface area contributed by atoms with Crippen molar-refractivity contribution in [2.45, 2.75) is 18.7 Å². The summed E-state index contributed by atoms with van der Waals surface area (Å²) in [6.07, 6.45) is 0. The first-order valence-corrected chi connectivity index (χ1v) is 9.17. The van der Waals surface area contributed by atoms with Crippen LogP contribution in [0.1, 0.15) is 11.3 Å². The molecule has 3 rings (SSSR count). The Morgan fingerprint density at radius 2 is 1.89 bits per heavy atom. The van der Waals surface area contributed by atoms with Crippen molar-refractivity contribution in [1.82, 2.24) is 5.16 Å². The molecule has 2 aromatic carbocycles. The molecule has 0 radical (unpaired) electrons. The van der Waals surface area contributed by atoms with E-state index in [1.807, 2.05) is 0 Å². The number of sulfonamides is 1. The Hall–Kier alpha value is -3.27. The number of rotatable bonds is 5. The maximum absolute atomic E-state index is 13.4. The number of nitro groups is 1. The average molecular weight is 391 g/mol. The Labute approximate surface area is 153 Å². The molecule has 0 unspecified atom stereocenters. The Balaban J connectivity index is 2.00. The number of hydrogen-bond acceptors (Lipinski definition) is 6. The number of halogens is 1. The number of benzene rings is 2. The number of nitro benzene ring substituents is 1. The second kappa shape index (κ2) is 6.80. The molecule has 140 valence electrons. The maximum Gasteiger partial charge on any atom is 0.306 e. The maximum atomic E-state index is 13.4. The van der Waals surface area contributed by atoms with E-state index in [9.17, 15) is 22.9 Å². The van der Waals surface area contributed by atoms with Crippen molar-refractivity contribution >= 4 is 21.4 Å². The van der Waals surface area contributed by atoms with Crippen LogP contribution in [0, 0.1) is 29.8 Å². The highest BCUT2D eigenvalue weighted by atomic mass is 32.2. The summed E-state index contributed by atoms with van der Waals surface area (Å²) in [6, 6.07) is 9.14. The van der Waals surface area contributed by atoms with Gasteiger partial charge < -0.3 is 4.52 Å². The van der Waals surface area contributed by atoms with Crippen LogP contribution in [0.5, 0.6) is 0 Å². The fourth-order valence-corrected chi connectivity index (χ4v) is 3.79. The molecule has 0 aliphatic carbocycles. The quantitative estimate of drug-likeness (QED) is 0.522. The molecule has 0 saturated heterocycles. The van der Waals surface area contributed by atoms with Crippen molar-refractivity contribution in [3.8, 4) is 11.3 Å². The van der Waals surface area contributed by atoms with Gasteiger partial charge in [0, 0.05) is 17.7 Å². The molecule has 0 spiro atoms. The minimum Gasteiger partial charge on any atom is -0.356 e. The monoisotopic (exact) mass is 391 g/mol. The minimum atomic E-state index is -4.08. The van der Waals surface area contributed by atoms with Gasteiger partial charge in [0.1, 0.15) is 0 Å². The number of aryl methyl sites for hydroxylation is 2. The first-order valence-electron chi connectivity index (χ1n) is 7.68. The zero-order valence-electron chi connectivity index (χ0n) is 14.3. The van der Waals surface area contributed by atoms with Crippen molar-refractivity contribution in [2.24, 2.45) is 0 Å². The van der Waals surface area contributed by atoms with Gasteiger partial charge >= 0.3 is 5.69 Å². The van der Waals surface area contributed by atoms with Gasteiger partial charge in [-0.2, -0.15) is 4.39 Å². The predicted molar refractivity (Wildman–Crippen MR) is 95.3 cm³/mol. The zero-order valence-corrected chi connectivity index (χ0v) is 15.1. The third-order valence-corrected chi connectivity index (χ3v) is 5.31. The topological polar surface area (TPSA) is 115 Å². The first-order chi connectivity index (χ1) is 12.7. The van der Waals surface area contributed by atoms with Gasteiger partial charge in [0.2, 0.25) is 5.82 Å². The first kappa shape index (κ1) is 18.5. The standard InChI is InChI=1S/C17H14FN3O5S/c1-10-3-4-12(16-7-11(2)19-26-16)8-17(10)27(24,25)20-13-5-6-14(18)15(9-13)21(22)23/h3-9,20H,1-2H3. The zero-order chi connectivity index (χ0) is 19.8. The highest BCUT2D eigenvalue weighted by Gasteiger charge is 2.21. The molecule has 8 nitrogen and oxygen atoms in total. The molecule has 1 heterocycles. The van der Waals surface area contributed by atoms with Gasteiger partial charge in [-0.1, -0.05) is 17.3 Å². The molecular formula is C17H14FN3O5S. The molecule has 0 saturated carbocycles. The summed E-state index contributed by atoms with van der Waals surface area (Å²) in [6.45, 7) is 3.35. The second-order valence-corrected chi connectivity index (χ2v) is 7.49. The van der Waals surface area contributed by atoms with Crippen LogP contribution in [0.4, 0.5) is 15.8 Å². The van der Waals surface area contributed by atoms with Gasteiger partial charge in [-0.25, -0.2) is 8.42 Å². The van der Waals surface area contributed by atoms with E-state index in [1.165, 1.54) is 6.07 Å². The average Bonchev–Trinajstić information content (AvgIpc) is 3.03. The Morgan fingerprint density at radius 1 is 1.15 bits per heavy atom. The SMILES string of the molecule is Cc1cc(-c2ccc(C)c(S(=O)(=O)Nc3ccc(F)c([N+](=O)[O-])c3)c2)on1. The molecule has 0 aliphatic heterocycles. The number of aromatic nitrogens is 1. The molecule has 1 N–H and O–H groups in total. The van der Waals surface area contributed by atoms with E-state index in [1.54, 1.807) is 32.0 Å². The summed E-state index contributed by atoms with van der Waals surface area (Å²) in [7, 11) is -4.08. The Kier molecular flexibility index (Phi) is 4.66. The third kappa shape index (κ3) is 3.80. The van der Waals surface area contributed by atoms with Crippen molar-refractivity contribution in [3.05, 3.63) is 69.7 Å². The largest absolute Gasteiger partial charge is 0.356 e. The highest BCUT2D eigenvalue weighted by molar-refractivity contribution is 7.92. The van der Waals surface area contributed by atoms with E-state index in [0.29, 0.717) is 22.6 Å². The van der Waals surface area contributed by atoms with Gasteiger partial charge in [-0.15, -0.1) is 0 Å². The van der Waals surface area contributed by atoms with Gasteiger partial charge in [0.05, 0.1) is 21.2 Å². The van der Waals surface area contributed by atoms with E-state index in [2.05, 4.69) is 9.88 Å². The molecular weight excluding hydrogens is 377 g/mol. The van der Waals surface area contributed by atoms with Crippen molar-refractivity contribution in [1.29, 1.82) is 0 Å². The van der Waals surface area contributed by atoms with Crippen molar-refractivity contribution in [2.75, 3.05) is 4.72 Å². The van der Waals surface area contributed by atoms with E-state index >= 15 is 0 Å². The molecule has 0 atom stereocenters. The summed E-state index contributed by atoms with van der Waals surface area (Å²) >= 11 is 0. The Morgan fingerprint density at radius 3 is 2.52 bits per heavy atom. The van der Waals surface area contributed by atoms with E-state index < -0.39 is 26.5 Å². The highest BCUT2D eigenvalue weighted by Crippen LogP contribution is 2.28. The van der Waals surface area contributed by atoms with Gasteiger partial charge in [-0.3, -0.25) is 14.8 Å². The number of anilines is 1. The molecule has 27 heavy (non-hydrogen) atoms. The summed E-state index contributed by atoms with van der Waals surface area (Å²) in [5.41, 5.74) is 0.665. The normalized spacial score (nSPS) is 11.4. The number of nitrogens with zero attached hydrogens (tertiary/aromatic N) is 2. The van der Waals surface area contributed by atoms with Crippen LogP contribution in [-0.2, 0) is 10.0 Å². The molecule has 3 aromatic rings. The van der Waals surface area contributed by atoms with E-state index in [0.717, 1.165) is 18.2 Å². The second-order valence-electron chi connectivity index (χ2n) is 5.84. The molecule has 0 fully saturated rings. The van der Waals surface area contributed by atoms with E-state index in [4.69, 9.17) is 4.52 Å². The summed E-state index contributed by atoms with van der Waals surface area (Å²) < 4.78 is 46.3. The molecule has 1 aromatic heterocycles. The number of hydrogen-bond donors (Lipinski definition) is 1. The van der Waals surface area contributed by atoms with Gasteiger partial charge in [0.25, 0.3) is 10.0 Å². The van der Waals surface area contributed by atoms with Crippen LogP contribution < -0.4 is 4.72 Å². The van der Waals surface area contributed by atoms with Crippen LogP contribution in [0.25, 0.3) is 11.3 Å². The van der Waals surface area contributed by atoms with Crippen LogP contribution in [0.3, 0.4) is 0 Å². The lowest BCUT2D eigenvalue weighted by Gasteiger charge is -2.11. The van der Waals surface area contributed by atoms with Crippen molar-refractivity contribution in [3.63, 3.8) is 0 Å². The molecule has 10 heteroatoms. The molecule has 0 amide bonds. The Bertz CT molecular complexity index is 1140. The number of nitrogens with one attached hydrogen (secondary N) is 1. The lowest BCUT2D eigenvalue weighted by molar-refractivity contribution is -0.387. The lowest BCUT2D eigenvalue weighted by atomic mass is 10.1. The fourth-order valence-electron chi connectivity index (χ4n) is 2.47. The third-order valence-electron chi connectivity index (χ3n) is 3.79. The van der Waals surface area contributed by atoms with Crippen LogP contribution in [-0.4, -0.2) is 18.5 Å². The van der Waals surface area contributed by atoms with Gasteiger partial charge in [0.15, 0.2) is 5.76 Å². The van der Waals surface area contributed by atoms with Crippen LogP contribution >= 0.6 is 0 Å². The molecule has 0 aliphatic rings. The lowest BCUT2D eigenvalue weighted by Crippen LogP contribution is -2.14. The summed E-state index contributed by atoms with van der Waals surface area (Å²) in [5, 5.41) is 14.6. The van der Waals surface area contributed by atoms with Gasteiger partial charge in [-0.05, 0) is 37.6 Å². The van der Waals surface area contributed by atoms with Crippen molar-refractivity contribution < 1.29 is 22.3 Å². The fraction of sp³-hybridized carbons (Fsp3) is 0.118. The van der Waals surface area contributed by atoms with Crippen LogP contribution in [0.15, 0.2) is 51.9 Å². The predicted octanol–water partition coefficient (Wildman–Crippen LogP) is 3.81. The molecule has 0 bridgehead atoms. The summed E-state index contributed by atoms with van der Waals surface area (Å²) in [5.74, 6) is -0.650. The smallest absolute Gasteiger partial charge is 0.306 e. The van der Waals surface area contributed by atoms with Crippen LogP contribution in [0.2, 0.25) is 0 Å². The minimum absolute atomic E-state index is 0.0407. The van der Waals surface area contributed by atoms with E-state index in [-0.39, 0.29) is 10.6 Å².